The molecule has 20 heavy (non-hydrogen) atoms. The zero-order chi connectivity index (χ0) is 14.8. The first-order valence-corrected chi connectivity index (χ1v) is 8.31. The molecule has 112 valence electrons. The Bertz CT molecular complexity index is 574. The quantitative estimate of drug-likeness (QED) is 0.893. The predicted octanol–water partition coefficient (Wildman–Crippen LogP) is 1.96. The van der Waals surface area contributed by atoms with Gasteiger partial charge in [-0.15, -0.1) is 0 Å². The number of aliphatic hydroxyl groups is 1. The highest BCUT2D eigenvalue weighted by molar-refractivity contribution is 7.89. The Hall–Kier alpha value is -0.980. The van der Waals surface area contributed by atoms with Crippen LogP contribution in [0, 0.1) is 18.7 Å². The van der Waals surface area contributed by atoms with Crippen molar-refractivity contribution in [2.75, 3.05) is 6.61 Å². The van der Waals surface area contributed by atoms with Crippen LogP contribution in [0.25, 0.3) is 0 Å². The molecule has 0 bridgehead atoms. The molecule has 4 nitrogen and oxygen atoms in total. The Kier molecular flexibility index (Phi) is 4.78. The summed E-state index contributed by atoms with van der Waals surface area (Å²) >= 11 is 0. The first-order chi connectivity index (χ1) is 9.44. The first-order valence-electron chi connectivity index (χ1n) is 6.83. The van der Waals surface area contributed by atoms with Gasteiger partial charge in [0.15, 0.2) is 0 Å². The van der Waals surface area contributed by atoms with Gasteiger partial charge in [0, 0.05) is 12.6 Å². The first kappa shape index (κ1) is 15.4. The lowest BCUT2D eigenvalue weighted by atomic mass is 9.86. The molecule has 2 rings (SSSR count). The van der Waals surface area contributed by atoms with Crippen molar-refractivity contribution in [2.45, 2.75) is 43.5 Å². The standard InChI is InChI=1S/C14H20FNO3S/c1-10-6-7-12(15)8-14(10)20(18,19)16-13-5-3-2-4-11(13)9-17/h6-8,11,13,16-17H,2-5,9H2,1H3. The van der Waals surface area contributed by atoms with Crippen molar-refractivity contribution in [1.82, 2.24) is 4.72 Å². The monoisotopic (exact) mass is 301 g/mol. The molecule has 6 heteroatoms. The maximum Gasteiger partial charge on any atom is 0.241 e. The maximum atomic E-state index is 13.3. The van der Waals surface area contributed by atoms with E-state index in [0.717, 1.165) is 25.3 Å². The van der Waals surface area contributed by atoms with E-state index in [1.807, 2.05) is 0 Å². The molecule has 1 aliphatic rings. The summed E-state index contributed by atoms with van der Waals surface area (Å²) < 4.78 is 40.6. The second-order valence-electron chi connectivity index (χ2n) is 5.36. The highest BCUT2D eigenvalue weighted by Crippen LogP contribution is 2.26. The van der Waals surface area contributed by atoms with Crippen molar-refractivity contribution in [3.05, 3.63) is 29.6 Å². The summed E-state index contributed by atoms with van der Waals surface area (Å²) in [5.41, 5.74) is 0.509. The molecule has 2 atom stereocenters. The van der Waals surface area contributed by atoms with Crippen molar-refractivity contribution < 1.29 is 17.9 Å². The maximum absolute atomic E-state index is 13.3. The fourth-order valence-corrected chi connectivity index (χ4v) is 4.30. The SMILES string of the molecule is Cc1ccc(F)cc1S(=O)(=O)NC1CCCCC1CO. The summed E-state index contributed by atoms with van der Waals surface area (Å²) in [4.78, 5) is -0.0280. The van der Waals surface area contributed by atoms with Gasteiger partial charge in [-0.2, -0.15) is 0 Å². The van der Waals surface area contributed by atoms with E-state index in [1.54, 1.807) is 6.92 Å². The van der Waals surface area contributed by atoms with Gasteiger partial charge in [-0.3, -0.25) is 0 Å². The summed E-state index contributed by atoms with van der Waals surface area (Å²) in [6.07, 6.45) is 3.46. The van der Waals surface area contributed by atoms with Crippen LogP contribution in [0.4, 0.5) is 4.39 Å². The van der Waals surface area contributed by atoms with Gasteiger partial charge in [0.1, 0.15) is 5.82 Å². The van der Waals surface area contributed by atoms with Gasteiger partial charge >= 0.3 is 0 Å². The van der Waals surface area contributed by atoms with Gasteiger partial charge in [-0.1, -0.05) is 18.9 Å². The van der Waals surface area contributed by atoms with Crippen LogP contribution in [0.3, 0.4) is 0 Å². The molecule has 2 unspecified atom stereocenters. The van der Waals surface area contributed by atoms with E-state index < -0.39 is 15.8 Å². The molecule has 1 aromatic carbocycles. The Morgan fingerprint density at radius 3 is 2.75 bits per heavy atom. The number of aryl methyl sites for hydroxylation is 1. The van der Waals surface area contributed by atoms with Gasteiger partial charge in [-0.05, 0) is 43.4 Å². The zero-order valence-electron chi connectivity index (χ0n) is 11.5. The number of sulfonamides is 1. The topological polar surface area (TPSA) is 66.4 Å². The van der Waals surface area contributed by atoms with E-state index in [1.165, 1.54) is 12.1 Å². The Morgan fingerprint density at radius 2 is 2.05 bits per heavy atom. The molecule has 0 aromatic heterocycles. The molecule has 0 heterocycles. The summed E-state index contributed by atoms with van der Waals surface area (Å²) in [5, 5.41) is 9.33. The van der Waals surface area contributed by atoms with E-state index in [2.05, 4.69) is 4.72 Å². The molecule has 0 aliphatic heterocycles. The third-order valence-electron chi connectivity index (χ3n) is 3.89. The predicted molar refractivity (Wildman–Crippen MR) is 74.3 cm³/mol. The molecular formula is C14H20FNO3S. The molecule has 0 radical (unpaired) electrons. The van der Waals surface area contributed by atoms with Crippen LogP contribution in [0.15, 0.2) is 23.1 Å². The summed E-state index contributed by atoms with van der Waals surface area (Å²) in [7, 11) is -3.76. The van der Waals surface area contributed by atoms with E-state index in [9.17, 15) is 17.9 Å². The molecule has 0 amide bonds. The number of hydrogen-bond acceptors (Lipinski definition) is 3. The van der Waals surface area contributed by atoms with Crippen LogP contribution < -0.4 is 4.72 Å². The minimum atomic E-state index is -3.76. The second-order valence-corrected chi connectivity index (χ2v) is 7.05. The minimum Gasteiger partial charge on any atom is -0.396 e. The van der Waals surface area contributed by atoms with E-state index in [-0.39, 0.29) is 23.5 Å². The molecule has 2 N–H and O–H groups in total. The van der Waals surface area contributed by atoms with Gasteiger partial charge in [-0.25, -0.2) is 17.5 Å². The average Bonchev–Trinajstić information content (AvgIpc) is 2.41. The van der Waals surface area contributed by atoms with Crippen LogP contribution in [0.2, 0.25) is 0 Å². The van der Waals surface area contributed by atoms with Gasteiger partial charge in [0.05, 0.1) is 4.90 Å². The Balaban J connectivity index is 2.24. The lowest BCUT2D eigenvalue weighted by Crippen LogP contribution is -2.43. The fraction of sp³-hybridized carbons (Fsp3) is 0.571. The number of aliphatic hydroxyl groups excluding tert-OH is 1. The second kappa shape index (κ2) is 6.20. The average molecular weight is 301 g/mol. The molecule has 1 aliphatic carbocycles. The lowest BCUT2D eigenvalue weighted by molar-refractivity contribution is 0.164. The Morgan fingerprint density at radius 1 is 1.35 bits per heavy atom. The molecule has 1 aromatic rings. The highest BCUT2D eigenvalue weighted by Gasteiger charge is 2.29. The van der Waals surface area contributed by atoms with E-state index in [4.69, 9.17) is 0 Å². The molecule has 0 saturated heterocycles. The molecular weight excluding hydrogens is 281 g/mol. The fourth-order valence-electron chi connectivity index (χ4n) is 2.71. The van der Waals surface area contributed by atoms with Gasteiger partial charge < -0.3 is 5.11 Å². The van der Waals surface area contributed by atoms with Gasteiger partial charge in [0.2, 0.25) is 10.0 Å². The third kappa shape index (κ3) is 3.37. The smallest absolute Gasteiger partial charge is 0.241 e. The number of hydrogen-bond donors (Lipinski definition) is 2. The number of halogens is 1. The summed E-state index contributed by atoms with van der Waals surface area (Å²) in [6, 6.07) is 3.45. The highest BCUT2D eigenvalue weighted by atomic mass is 32.2. The van der Waals surface area contributed by atoms with Crippen LogP contribution in [0.5, 0.6) is 0 Å². The lowest BCUT2D eigenvalue weighted by Gasteiger charge is -2.30. The normalized spacial score (nSPS) is 23.8. The number of rotatable bonds is 4. The zero-order valence-corrected chi connectivity index (χ0v) is 12.3. The van der Waals surface area contributed by atoms with Crippen molar-refractivity contribution in [1.29, 1.82) is 0 Å². The number of nitrogens with one attached hydrogen (secondary N) is 1. The van der Waals surface area contributed by atoms with Crippen LogP contribution in [0.1, 0.15) is 31.2 Å². The third-order valence-corrected chi connectivity index (χ3v) is 5.52. The van der Waals surface area contributed by atoms with E-state index in [0.29, 0.717) is 12.0 Å². The van der Waals surface area contributed by atoms with Crippen LogP contribution >= 0.6 is 0 Å². The molecule has 0 spiro atoms. The van der Waals surface area contributed by atoms with Crippen molar-refractivity contribution >= 4 is 10.0 Å². The molecule has 1 fully saturated rings. The number of benzene rings is 1. The van der Waals surface area contributed by atoms with Crippen molar-refractivity contribution in [3.8, 4) is 0 Å². The van der Waals surface area contributed by atoms with Crippen LogP contribution in [-0.4, -0.2) is 26.2 Å². The minimum absolute atomic E-state index is 0.0280. The van der Waals surface area contributed by atoms with Gasteiger partial charge in [0.25, 0.3) is 0 Å². The summed E-state index contributed by atoms with van der Waals surface area (Å²) in [5.74, 6) is -0.634. The largest absolute Gasteiger partial charge is 0.396 e. The van der Waals surface area contributed by atoms with Crippen LogP contribution in [-0.2, 0) is 10.0 Å². The Labute approximate surface area is 119 Å². The van der Waals surface area contributed by atoms with Crippen molar-refractivity contribution in [3.63, 3.8) is 0 Å². The molecule has 1 saturated carbocycles. The van der Waals surface area contributed by atoms with E-state index >= 15 is 0 Å². The van der Waals surface area contributed by atoms with Crippen molar-refractivity contribution in [2.24, 2.45) is 5.92 Å². The summed E-state index contributed by atoms with van der Waals surface area (Å²) in [6.45, 7) is 1.60.